The van der Waals surface area contributed by atoms with Crippen LogP contribution < -0.4 is 4.74 Å². The fourth-order valence-corrected chi connectivity index (χ4v) is 2.68. The van der Waals surface area contributed by atoms with E-state index in [2.05, 4.69) is 39.4 Å². The van der Waals surface area contributed by atoms with Crippen molar-refractivity contribution < 1.29 is 4.74 Å². The van der Waals surface area contributed by atoms with Crippen LogP contribution >= 0.6 is 0 Å². The van der Waals surface area contributed by atoms with Crippen LogP contribution in [-0.2, 0) is 0 Å². The Kier molecular flexibility index (Phi) is 3.27. The lowest BCUT2D eigenvalue weighted by Gasteiger charge is -2.06. The largest absolute Gasteiger partial charge is 0.490 e. The second kappa shape index (κ2) is 5.57. The van der Waals surface area contributed by atoms with Crippen molar-refractivity contribution in [2.24, 2.45) is 0 Å². The van der Waals surface area contributed by atoms with Gasteiger partial charge in [-0.25, -0.2) is 0 Å². The van der Waals surface area contributed by atoms with E-state index >= 15 is 0 Å². The Labute approximate surface area is 133 Å². The summed E-state index contributed by atoms with van der Waals surface area (Å²) in [4.78, 5) is 0. The van der Waals surface area contributed by atoms with Crippen molar-refractivity contribution >= 4 is 16.6 Å². The first-order chi connectivity index (χ1) is 11.4. The summed E-state index contributed by atoms with van der Waals surface area (Å²) in [5, 5.41) is 9.81. The summed E-state index contributed by atoms with van der Waals surface area (Å²) in [5.41, 5.74) is 2.93. The van der Waals surface area contributed by atoms with Crippen LogP contribution in [0, 0.1) is 0 Å². The molecule has 0 saturated carbocycles. The van der Waals surface area contributed by atoms with E-state index in [0.29, 0.717) is 6.61 Å². The number of pyridine rings is 1. The van der Waals surface area contributed by atoms with Gasteiger partial charge in [0.25, 0.3) is 0 Å². The number of benzene rings is 2. The van der Waals surface area contributed by atoms with Gasteiger partial charge >= 0.3 is 0 Å². The Morgan fingerprint density at radius 2 is 1.78 bits per heavy atom. The molecule has 0 bridgehead atoms. The Hall–Kier alpha value is -3.14. The number of hydrogen-bond donors (Lipinski definition) is 0. The van der Waals surface area contributed by atoms with Gasteiger partial charge in [0, 0.05) is 5.56 Å². The third kappa shape index (κ3) is 2.34. The molecule has 0 aliphatic heterocycles. The molecule has 2 aromatic heterocycles. The highest BCUT2D eigenvalue weighted by Gasteiger charge is 2.10. The Morgan fingerprint density at radius 3 is 2.61 bits per heavy atom. The lowest BCUT2D eigenvalue weighted by molar-refractivity contribution is 0.363. The fourth-order valence-electron chi connectivity index (χ4n) is 2.68. The summed E-state index contributed by atoms with van der Waals surface area (Å²) >= 11 is 0. The van der Waals surface area contributed by atoms with Gasteiger partial charge in [0.1, 0.15) is 12.4 Å². The smallest absolute Gasteiger partial charge is 0.168 e. The maximum absolute atomic E-state index is 5.52. The third-order valence-electron chi connectivity index (χ3n) is 3.76. The molecule has 0 amide bonds. The number of ether oxygens (including phenoxy) is 1. The Balaban J connectivity index is 1.85. The van der Waals surface area contributed by atoms with Crippen LogP contribution in [0.25, 0.3) is 27.9 Å². The van der Waals surface area contributed by atoms with Crippen molar-refractivity contribution in [1.29, 1.82) is 0 Å². The summed E-state index contributed by atoms with van der Waals surface area (Å²) in [6.07, 6.45) is 1.73. The van der Waals surface area contributed by atoms with Crippen LogP contribution in [-0.4, -0.2) is 21.2 Å². The summed E-state index contributed by atoms with van der Waals surface area (Å²) in [6, 6.07) is 20.1. The summed E-state index contributed by atoms with van der Waals surface area (Å²) < 4.78 is 7.60. The van der Waals surface area contributed by atoms with Crippen LogP contribution in [0.2, 0.25) is 0 Å². The number of aromatic nitrogens is 3. The zero-order chi connectivity index (χ0) is 15.6. The number of fused-ring (bicyclic) bond motifs is 3. The van der Waals surface area contributed by atoms with E-state index in [1.807, 2.05) is 42.5 Å². The molecule has 0 aliphatic rings. The molecule has 0 N–H and O–H groups in total. The number of nitrogens with zero attached hydrogens (tertiary/aromatic N) is 3. The predicted molar refractivity (Wildman–Crippen MR) is 91.6 cm³/mol. The minimum absolute atomic E-state index is 0.498. The second-order valence-corrected chi connectivity index (χ2v) is 5.23. The molecule has 23 heavy (non-hydrogen) atoms. The molecular weight excluding hydrogens is 286 g/mol. The average Bonchev–Trinajstić information content (AvgIpc) is 3.05. The monoisotopic (exact) mass is 301 g/mol. The van der Waals surface area contributed by atoms with E-state index in [1.165, 1.54) is 0 Å². The molecule has 0 atom stereocenters. The zero-order valence-electron chi connectivity index (χ0n) is 12.5. The molecule has 0 spiro atoms. The van der Waals surface area contributed by atoms with E-state index in [9.17, 15) is 0 Å². The molecule has 0 aliphatic carbocycles. The van der Waals surface area contributed by atoms with Crippen molar-refractivity contribution in [1.82, 2.24) is 14.6 Å². The van der Waals surface area contributed by atoms with Gasteiger partial charge in [-0.15, -0.1) is 10.2 Å². The van der Waals surface area contributed by atoms with Gasteiger partial charge in [-0.1, -0.05) is 30.9 Å². The number of hydrogen-bond acceptors (Lipinski definition) is 3. The maximum Gasteiger partial charge on any atom is 0.168 e. The van der Waals surface area contributed by atoms with Crippen molar-refractivity contribution in [2.45, 2.75) is 0 Å². The van der Waals surface area contributed by atoms with Crippen molar-refractivity contribution in [3.8, 4) is 17.1 Å². The molecule has 4 nitrogen and oxygen atoms in total. The van der Waals surface area contributed by atoms with Gasteiger partial charge in [0.2, 0.25) is 0 Å². The molecule has 4 aromatic rings. The Morgan fingerprint density at radius 1 is 0.957 bits per heavy atom. The summed E-state index contributed by atoms with van der Waals surface area (Å²) in [7, 11) is 0. The maximum atomic E-state index is 5.52. The SMILES string of the molecule is C=CCOc1ccc(-c2nnc3ccc4ccccc4n23)cc1. The molecule has 2 aromatic carbocycles. The van der Waals surface area contributed by atoms with Crippen LogP contribution in [0.1, 0.15) is 0 Å². The lowest BCUT2D eigenvalue weighted by atomic mass is 10.2. The van der Waals surface area contributed by atoms with Gasteiger partial charge in [0.05, 0.1) is 5.52 Å². The fraction of sp³-hybridized carbons (Fsp3) is 0.0526. The van der Waals surface area contributed by atoms with Crippen molar-refractivity contribution in [3.05, 3.63) is 73.3 Å². The normalized spacial score (nSPS) is 11.0. The molecular formula is C19H15N3O. The van der Waals surface area contributed by atoms with E-state index in [4.69, 9.17) is 4.74 Å². The standard InChI is InChI=1S/C19H15N3O/c1-2-13-23-16-10-7-15(8-11-16)19-21-20-18-12-9-14-5-3-4-6-17(14)22(18)19/h2-12H,1,13H2. The second-order valence-electron chi connectivity index (χ2n) is 5.23. The quantitative estimate of drug-likeness (QED) is 0.532. The average molecular weight is 301 g/mol. The highest BCUT2D eigenvalue weighted by Crippen LogP contribution is 2.25. The van der Waals surface area contributed by atoms with Crippen LogP contribution in [0.5, 0.6) is 5.75 Å². The topological polar surface area (TPSA) is 39.4 Å². The molecule has 0 fully saturated rings. The molecule has 2 heterocycles. The molecule has 0 radical (unpaired) electrons. The zero-order valence-corrected chi connectivity index (χ0v) is 12.5. The van der Waals surface area contributed by atoms with Crippen molar-refractivity contribution in [3.63, 3.8) is 0 Å². The minimum atomic E-state index is 0.498. The highest BCUT2D eigenvalue weighted by atomic mass is 16.5. The molecule has 0 saturated heterocycles. The number of rotatable bonds is 4. The Bertz CT molecular complexity index is 987. The van der Waals surface area contributed by atoms with Gasteiger partial charge in [-0.3, -0.25) is 4.40 Å². The van der Waals surface area contributed by atoms with Gasteiger partial charge in [-0.05, 0) is 47.9 Å². The molecule has 0 unspecified atom stereocenters. The summed E-state index contributed by atoms with van der Waals surface area (Å²) in [5.74, 6) is 1.64. The van der Waals surface area contributed by atoms with Crippen LogP contribution in [0.4, 0.5) is 0 Å². The van der Waals surface area contributed by atoms with Gasteiger partial charge in [-0.2, -0.15) is 0 Å². The first-order valence-electron chi connectivity index (χ1n) is 7.44. The third-order valence-corrected chi connectivity index (χ3v) is 3.76. The molecule has 4 rings (SSSR count). The van der Waals surface area contributed by atoms with E-state index in [0.717, 1.165) is 33.7 Å². The lowest BCUT2D eigenvalue weighted by Crippen LogP contribution is -1.94. The summed E-state index contributed by atoms with van der Waals surface area (Å²) in [6.45, 7) is 4.15. The number of para-hydroxylation sites is 1. The first kappa shape index (κ1) is 13.5. The van der Waals surface area contributed by atoms with E-state index in [-0.39, 0.29) is 0 Å². The molecule has 112 valence electrons. The van der Waals surface area contributed by atoms with E-state index < -0.39 is 0 Å². The minimum Gasteiger partial charge on any atom is -0.490 e. The van der Waals surface area contributed by atoms with Gasteiger partial charge in [0.15, 0.2) is 11.5 Å². The van der Waals surface area contributed by atoms with Crippen LogP contribution in [0.15, 0.2) is 73.3 Å². The predicted octanol–water partition coefficient (Wildman–Crippen LogP) is 4.11. The van der Waals surface area contributed by atoms with Crippen molar-refractivity contribution in [2.75, 3.05) is 6.61 Å². The van der Waals surface area contributed by atoms with Gasteiger partial charge < -0.3 is 4.74 Å². The van der Waals surface area contributed by atoms with Crippen LogP contribution in [0.3, 0.4) is 0 Å². The van der Waals surface area contributed by atoms with E-state index in [1.54, 1.807) is 6.08 Å². The highest BCUT2D eigenvalue weighted by molar-refractivity contribution is 5.83. The first-order valence-corrected chi connectivity index (χ1v) is 7.44. The molecule has 4 heteroatoms.